The Labute approximate surface area is 161 Å². The first-order chi connectivity index (χ1) is 13.0. The zero-order valence-corrected chi connectivity index (χ0v) is 15.8. The van der Waals surface area contributed by atoms with Crippen LogP contribution in [0.3, 0.4) is 0 Å². The van der Waals surface area contributed by atoms with Gasteiger partial charge in [0.25, 0.3) is 0 Å². The van der Waals surface area contributed by atoms with Crippen molar-refractivity contribution in [3.05, 3.63) is 53.6 Å². The van der Waals surface area contributed by atoms with Crippen LogP contribution in [0.5, 0.6) is 5.75 Å². The van der Waals surface area contributed by atoms with Crippen LogP contribution in [0.4, 0.5) is 5.69 Å². The third-order valence-electron chi connectivity index (χ3n) is 3.95. The summed E-state index contributed by atoms with van der Waals surface area (Å²) >= 11 is 1.41. The third kappa shape index (κ3) is 4.49. The van der Waals surface area contributed by atoms with Gasteiger partial charge in [0.05, 0.1) is 23.6 Å². The van der Waals surface area contributed by atoms with E-state index in [9.17, 15) is 14.4 Å². The highest BCUT2D eigenvalue weighted by atomic mass is 32.2. The number of anilines is 1. The van der Waals surface area contributed by atoms with Crippen molar-refractivity contribution < 1.29 is 23.9 Å². The van der Waals surface area contributed by atoms with Gasteiger partial charge < -0.3 is 14.8 Å². The minimum atomic E-state index is -0.935. The monoisotopic (exact) mass is 385 g/mol. The van der Waals surface area contributed by atoms with E-state index in [0.717, 1.165) is 4.90 Å². The molecule has 2 aromatic rings. The zero-order valence-electron chi connectivity index (χ0n) is 15.0. The fourth-order valence-corrected chi connectivity index (χ4v) is 3.40. The molecule has 140 valence electrons. The minimum absolute atomic E-state index is 0.114. The maximum atomic E-state index is 12.5. The van der Waals surface area contributed by atoms with Crippen molar-refractivity contribution in [2.45, 2.75) is 24.8 Å². The van der Waals surface area contributed by atoms with Gasteiger partial charge >= 0.3 is 5.97 Å². The smallest absolute Gasteiger partial charge is 0.338 e. The summed E-state index contributed by atoms with van der Waals surface area (Å²) < 4.78 is 10.7. The second-order valence-corrected chi connectivity index (χ2v) is 6.93. The molecule has 27 heavy (non-hydrogen) atoms. The Morgan fingerprint density at radius 1 is 1.15 bits per heavy atom. The van der Waals surface area contributed by atoms with Gasteiger partial charge in [-0.2, -0.15) is 0 Å². The van der Waals surface area contributed by atoms with Crippen molar-refractivity contribution in [1.82, 2.24) is 0 Å². The minimum Gasteiger partial charge on any atom is -0.494 e. The number of carbonyl (C=O) groups excluding carboxylic acids is 3. The van der Waals surface area contributed by atoms with Gasteiger partial charge in [-0.15, -0.1) is 11.8 Å². The molecule has 1 aliphatic rings. The number of thioether (sulfide) groups is 1. The van der Waals surface area contributed by atoms with Crippen LogP contribution in [-0.4, -0.2) is 36.1 Å². The number of carbonyl (C=O) groups is 3. The summed E-state index contributed by atoms with van der Waals surface area (Å²) in [5, 5.41) is 2.73. The second kappa shape index (κ2) is 8.26. The molecule has 1 aliphatic heterocycles. The fraction of sp³-hybridized carbons (Fsp3) is 0.250. The molecule has 0 bridgehead atoms. The largest absolute Gasteiger partial charge is 0.494 e. The molecule has 0 saturated heterocycles. The molecule has 7 heteroatoms. The Morgan fingerprint density at radius 2 is 1.85 bits per heavy atom. The van der Waals surface area contributed by atoms with Crippen molar-refractivity contribution in [3.8, 4) is 5.75 Å². The first-order valence-electron chi connectivity index (χ1n) is 8.52. The number of rotatable bonds is 6. The normalized spacial score (nSPS) is 13.9. The molecule has 1 N–H and O–H groups in total. The average Bonchev–Trinajstić information content (AvgIpc) is 2.67. The molecule has 1 atom stereocenters. The fourth-order valence-electron chi connectivity index (χ4n) is 2.61. The molecule has 0 saturated carbocycles. The maximum Gasteiger partial charge on any atom is 0.338 e. The van der Waals surface area contributed by atoms with E-state index in [-0.39, 0.29) is 17.3 Å². The van der Waals surface area contributed by atoms with Gasteiger partial charge in [0.2, 0.25) is 11.7 Å². The number of hydrogen-bond acceptors (Lipinski definition) is 6. The van der Waals surface area contributed by atoms with Gasteiger partial charge in [0.1, 0.15) is 5.75 Å². The molecule has 1 heterocycles. The highest BCUT2D eigenvalue weighted by Gasteiger charge is 2.22. The van der Waals surface area contributed by atoms with Crippen molar-refractivity contribution in [2.24, 2.45) is 0 Å². The Morgan fingerprint density at radius 3 is 2.56 bits per heavy atom. The molecule has 0 radical (unpaired) electrons. The lowest BCUT2D eigenvalue weighted by molar-refractivity contribution is -0.113. The van der Waals surface area contributed by atoms with E-state index in [1.165, 1.54) is 18.7 Å². The topological polar surface area (TPSA) is 81.7 Å². The van der Waals surface area contributed by atoms with Crippen LogP contribution in [0.15, 0.2) is 47.4 Å². The molecule has 0 spiro atoms. The van der Waals surface area contributed by atoms with Gasteiger partial charge in [0, 0.05) is 10.5 Å². The highest BCUT2D eigenvalue weighted by molar-refractivity contribution is 8.00. The number of nitrogens with one attached hydrogen (secondary N) is 1. The van der Waals surface area contributed by atoms with Crippen molar-refractivity contribution >= 4 is 35.1 Å². The molecule has 0 aliphatic carbocycles. The number of fused-ring (bicyclic) bond motifs is 1. The lowest BCUT2D eigenvalue weighted by atomic mass is 10.1. The van der Waals surface area contributed by atoms with Gasteiger partial charge in [0.15, 0.2) is 6.10 Å². The number of hydrogen-bond donors (Lipinski definition) is 1. The summed E-state index contributed by atoms with van der Waals surface area (Å²) in [4.78, 5) is 37.2. The third-order valence-corrected chi connectivity index (χ3v) is 5.02. The number of ketones is 1. The summed E-state index contributed by atoms with van der Waals surface area (Å²) in [5.41, 5.74) is 1.30. The standard InChI is InChI=1S/C20H19NO5S/c1-3-25-15-7-4-13(5-8-15)19(23)12(2)26-20(24)14-6-9-17-16(10-14)21-18(22)11-27-17/h4-10,12H,3,11H2,1-2H3,(H,21,22)/t12-/m1/s1. The molecular formula is C20H19NO5S. The first kappa shape index (κ1) is 19.0. The number of ether oxygens (including phenoxy) is 2. The highest BCUT2D eigenvalue weighted by Crippen LogP contribution is 2.32. The van der Waals surface area contributed by atoms with Gasteiger partial charge in [-0.25, -0.2) is 4.79 Å². The SMILES string of the molecule is CCOc1ccc(C(=O)[C@@H](C)OC(=O)c2ccc3c(c2)NC(=O)CS3)cc1. The van der Waals surface area contributed by atoms with E-state index in [0.29, 0.717) is 29.4 Å². The van der Waals surface area contributed by atoms with Crippen LogP contribution in [0.2, 0.25) is 0 Å². The molecule has 0 unspecified atom stereocenters. The van der Waals surface area contributed by atoms with E-state index in [1.54, 1.807) is 42.5 Å². The lowest BCUT2D eigenvalue weighted by Crippen LogP contribution is -2.25. The van der Waals surface area contributed by atoms with Crippen molar-refractivity contribution in [3.63, 3.8) is 0 Å². The van der Waals surface area contributed by atoms with E-state index in [1.807, 2.05) is 6.92 Å². The number of Topliss-reactive ketones (excluding diaryl/α,β-unsaturated/α-hetero) is 1. The average molecular weight is 385 g/mol. The molecule has 0 aromatic heterocycles. The maximum absolute atomic E-state index is 12.5. The Hall–Kier alpha value is -2.80. The van der Waals surface area contributed by atoms with E-state index in [2.05, 4.69) is 5.32 Å². The summed E-state index contributed by atoms with van der Waals surface area (Å²) in [6.07, 6.45) is -0.935. The van der Waals surface area contributed by atoms with E-state index >= 15 is 0 Å². The number of benzene rings is 2. The van der Waals surface area contributed by atoms with Crippen LogP contribution in [-0.2, 0) is 9.53 Å². The number of esters is 1. The molecule has 1 amide bonds. The van der Waals surface area contributed by atoms with Gasteiger partial charge in [-0.1, -0.05) is 0 Å². The van der Waals surface area contributed by atoms with E-state index < -0.39 is 12.1 Å². The van der Waals surface area contributed by atoms with Crippen LogP contribution in [0, 0.1) is 0 Å². The first-order valence-corrected chi connectivity index (χ1v) is 9.51. The summed E-state index contributed by atoms with van der Waals surface area (Å²) in [7, 11) is 0. The van der Waals surface area contributed by atoms with Crippen LogP contribution in [0.25, 0.3) is 0 Å². The predicted octanol–water partition coefficient (Wildman–Crippen LogP) is 3.56. The van der Waals surface area contributed by atoms with Gasteiger partial charge in [-0.3, -0.25) is 9.59 Å². The quantitative estimate of drug-likeness (QED) is 0.605. The summed E-state index contributed by atoms with van der Waals surface area (Å²) in [6, 6.07) is 11.6. The van der Waals surface area contributed by atoms with Crippen LogP contribution < -0.4 is 10.1 Å². The van der Waals surface area contributed by atoms with Crippen molar-refractivity contribution in [2.75, 3.05) is 17.7 Å². The molecule has 6 nitrogen and oxygen atoms in total. The van der Waals surface area contributed by atoms with Crippen molar-refractivity contribution in [1.29, 1.82) is 0 Å². The van der Waals surface area contributed by atoms with Crippen LogP contribution in [0.1, 0.15) is 34.6 Å². The van der Waals surface area contributed by atoms with Gasteiger partial charge in [-0.05, 0) is 56.3 Å². The lowest BCUT2D eigenvalue weighted by Gasteiger charge is -2.17. The Kier molecular flexibility index (Phi) is 5.81. The molecule has 0 fully saturated rings. The van der Waals surface area contributed by atoms with E-state index in [4.69, 9.17) is 9.47 Å². The Bertz CT molecular complexity index is 878. The predicted molar refractivity (Wildman–Crippen MR) is 103 cm³/mol. The molecule has 2 aromatic carbocycles. The summed E-state index contributed by atoms with van der Waals surface area (Å²) in [5.74, 6) is -0.00269. The molecular weight excluding hydrogens is 366 g/mol. The zero-order chi connectivity index (χ0) is 19.4. The number of amides is 1. The molecule has 3 rings (SSSR count). The second-order valence-electron chi connectivity index (χ2n) is 5.92. The Balaban J connectivity index is 1.67. The summed E-state index contributed by atoms with van der Waals surface area (Å²) in [6.45, 7) is 3.96. The van der Waals surface area contributed by atoms with Crippen LogP contribution >= 0.6 is 11.8 Å².